The Labute approximate surface area is 125 Å². The zero-order valence-corrected chi connectivity index (χ0v) is 12.8. The molecule has 2 heterocycles. The molecule has 21 heavy (non-hydrogen) atoms. The molecule has 1 aliphatic heterocycles. The Morgan fingerprint density at radius 3 is 2.86 bits per heavy atom. The largest absolute Gasteiger partial charge is 0.382 e. The van der Waals surface area contributed by atoms with Gasteiger partial charge in [-0.1, -0.05) is 6.42 Å². The molecule has 0 radical (unpaired) electrons. The summed E-state index contributed by atoms with van der Waals surface area (Å²) in [6.07, 6.45) is 5.75. The summed E-state index contributed by atoms with van der Waals surface area (Å²) in [6.45, 7) is 4.43. The van der Waals surface area contributed by atoms with E-state index in [0.29, 0.717) is 12.4 Å². The number of nitrogens with zero attached hydrogens (tertiary/aromatic N) is 3. The lowest BCUT2D eigenvalue weighted by Gasteiger charge is -2.17. The van der Waals surface area contributed by atoms with Gasteiger partial charge in [-0.05, 0) is 31.6 Å². The Morgan fingerprint density at radius 1 is 1.48 bits per heavy atom. The van der Waals surface area contributed by atoms with Gasteiger partial charge in [-0.15, -0.1) is 0 Å². The van der Waals surface area contributed by atoms with Crippen molar-refractivity contribution in [3.05, 3.63) is 12.3 Å². The van der Waals surface area contributed by atoms with Gasteiger partial charge in [0.1, 0.15) is 0 Å². The van der Waals surface area contributed by atoms with Crippen LogP contribution in [-0.2, 0) is 4.74 Å². The van der Waals surface area contributed by atoms with E-state index in [1.54, 1.807) is 7.11 Å². The SMILES string of the molecule is COC[C@H](C)n1ccc(NC(=O)N2C[C@H]3CCC[C@@H]3C2)n1. The van der Waals surface area contributed by atoms with Crippen LogP contribution in [0.2, 0.25) is 0 Å². The van der Waals surface area contributed by atoms with Crippen molar-refractivity contribution in [3.63, 3.8) is 0 Å². The number of methoxy groups -OCH3 is 1. The topological polar surface area (TPSA) is 59.4 Å². The van der Waals surface area contributed by atoms with E-state index in [4.69, 9.17) is 4.74 Å². The second kappa shape index (κ2) is 6.05. The molecule has 2 aliphatic rings. The molecule has 3 atom stereocenters. The molecule has 1 N–H and O–H groups in total. The number of rotatable bonds is 4. The summed E-state index contributed by atoms with van der Waals surface area (Å²) in [5.41, 5.74) is 0. The van der Waals surface area contributed by atoms with Crippen LogP contribution in [0, 0.1) is 11.8 Å². The van der Waals surface area contributed by atoms with Crippen LogP contribution in [0.5, 0.6) is 0 Å². The number of nitrogens with one attached hydrogen (secondary N) is 1. The van der Waals surface area contributed by atoms with Crippen LogP contribution in [0.3, 0.4) is 0 Å². The number of carbonyl (C=O) groups is 1. The van der Waals surface area contributed by atoms with Gasteiger partial charge in [0.05, 0.1) is 12.6 Å². The Bertz CT molecular complexity index is 490. The summed E-state index contributed by atoms with van der Waals surface area (Å²) in [6, 6.07) is 1.97. The molecule has 0 aromatic carbocycles. The summed E-state index contributed by atoms with van der Waals surface area (Å²) in [5, 5.41) is 7.30. The van der Waals surface area contributed by atoms with Crippen LogP contribution in [-0.4, -0.2) is 47.5 Å². The van der Waals surface area contributed by atoms with E-state index in [1.807, 2.05) is 28.8 Å². The van der Waals surface area contributed by atoms with Crippen molar-refractivity contribution in [2.45, 2.75) is 32.2 Å². The number of fused-ring (bicyclic) bond motifs is 1. The van der Waals surface area contributed by atoms with E-state index in [-0.39, 0.29) is 12.1 Å². The highest BCUT2D eigenvalue weighted by Crippen LogP contribution is 2.37. The molecule has 3 rings (SSSR count). The maximum atomic E-state index is 12.3. The number of hydrogen-bond donors (Lipinski definition) is 1. The van der Waals surface area contributed by atoms with Gasteiger partial charge in [-0.3, -0.25) is 10.00 Å². The first kappa shape index (κ1) is 14.4. The Morgan fingerprint density at radius 2 is 2.19 bits per heavy atom. The fraction of sp³-hybridized carbons (Fsp3) is 0.733. The van der Waals surface area contributed by atoms with E-state index in [0.717, 1.165) is 24.9 Å². The Hall–Kier alpha value is -1.56. The number of aromatic nitrogens is 2. The predicted octanol–water partition coefficient (Wildman–Crippen LogP) is 2.35. The second-order valence-corrected chi connectivity index (χ2v) is 6.27. The lowest BCUT2D eigenvalue weighted by molar-refractivity contribution is 0.157. The molecule has 0 spiro atoms. The van der Waals surface area contributed by atoms with Crippen LogP contribution >= 0.6 is 0 Å². The molecule has 1 saturated heterocycles. The fourth-order valence-electron chi connectivity index (χ4n) is 3.56. The number of likely N-dealkylation sites (tertiary alicyclic amines) is 1. The monoisotopic (exact) mass is 292 g/mol. The van der Waals surface area contributed by atoms with E-state index >= 15 is 0 Å². The van der Waals surface area contributed by atoms with Gasteiger partial charge in [0.15, 0.2) is 5.82 Å². The molecular weight excluding hydrogens is 268 g/mol. The van der Waals surface area contributed by atoms with Gasteiger partial charge in [0, 0.05) is 32.5 Å². The maximum Gasteiger partial charge on any atom is 0.323 e. The zero-order chi connectivity index (χ0) is 14.8. The number of carbonyl (C=O) groups excluding carboxylic acids is 1. The van der Waals surface area contributed by atoms with Gasteiger partial charge in [0.2, 0.25) is 0 Å². The van der Waals surface area contributed by atoms with Crippen molar-refractivity contribution >= 4 is 11.8 Å². The van der Waals surface area contributed by atoms with Gasteiger partial charge in [0.25, 0.3) is 0 Å². The average Bonchev–Trinajstić information content (AvgIpc) is 3.13. The molecule has 2 amide bonds. The number of urea groups is 1. The van der Waals surface area contributed by atoms with Crippen molar-refractivity contribution in [2.75, 3.05) is 32.1 Å². The molecule has 0 bridgehead atoms. The minimum absolute atomic E-state index is 0.0194. The molecule has 6 heteroatoms. The Kier molecular flexibility index (Phi) is 4.14. The van der Waals surface area contributed by atoms with Crippen LogP contribution < -0.4 is 5.32 Å². The summed E-state index contributed by atoms with van der Waals surface area (Å²) < 4.78 is 6.93. The minimum Gasteiger partial charge on any atom is -0.382 e. The van der Waals surface area contributed by atoms with Crippen LogP contribution in [0.1, 0.15) is 32.2 Å². The smallest absolute Gasteiger partial charge is 0.323 e. The molecule has 6 nitrogen and oxygen atoms in total. The molecule has 1 aliphatic carbocycles. The Balaban J connectivity index is 1.55. The highest BCUT2D eigenvalue weighted by Gasteiger charge is 2.38. The second-order valence-electron chi connectivity index (χ2n) is 6.27. The van der Waals surface area contributed by atoms with Crippen molar-refractivity contribution in [3.8, 4) is 0 Å². The quantitative estimate of drug-likeness (QED) is 0.926. The minimum atomic E-state index is -0.0194. The average molecular weight is 292 g/mol. The highest BCUT2D eigenvalue weighted by atomic mass is 16.5. The first-order chi connectivity index (χ1) is 10.2. The summed E-state index contributed by atoms with van der Waals surface area (Å²) in [4.78, 5) is 14.2. The number of amides is 2. The first-order valence-electron chi connectivity index (χ1n) is 7.77. The highest BCUT2D eigenvalue weighted by molar-refractivity contribution is 5.88. The molecular formula is C15H24N4O2. The van der Waals surface area contributed by atoms with Gasteiger partial charge in [-0.25, -0.2) is 4.79 Å². The fourth-order valence-corrected chi connectivity index (χ4v) is 3.56. The van der Waals surface area contributed by atoms with Crippen molar-refractivity contribution in [2.24, 2.45) is 11.8 Å². The van der Waals surface area contributed by atoms with Crippen molar-refractivity contribution < 1.29 is 9.53 Å². The predicted molar refractivity (Wildman–Crippen MR) is 80.2 cm³/mol. The standard InChI is InChI=1S/C15H24N4O2/c1-11(10-21-2)19-7-6-14(17-19)16-15(20)18-8-12-4-3-5-13(12)9-18/h6-7,11-13H,3-5,8-10H2,1-2H3,(H,16,17,20)/t11-,12+,13+/m0/s1. The molecule has 0 unspecified atom stereocenters. The summed E-state index contributed by atoms with van der Waals surface area (Å²) in [5.74, 6) is 2.05. The van der Waals surface area contributed by atoms with E-state index in [1.165, 1.54) is 19.3 Å². The van der Waals surface area contributed by atoms with Crippen molar-refractivity contribution in [1.82, 2.24) is 14.7 Å². The van der Waals surface area contributed by atoms with E-state index < -0.39 is 0 Å². The van der Waals surface area contributed by atoms with Crippen molar-refractivity contribution in [1.29, 1.82) is 0 Å². The maximum absolute atomic E-state index is 12.3. The number of hydrogen-bond acceptors (Lipinski definition) is 3. The molecule has 1 saturated carbocycles. The molecule has 1 aromatic heterocycles. The van der Waals surface area contributed by atoms with E-state index in [2.05, 4.69) is 10.4 Å². The lowest BCUT2D eigenvalue weighted by atomic mass is 10.0. The third-order valence-electron chi connectivity index (χ3n) is 4.72. The van der Waals surface area contributed by atoms with Crippen LogP contribution in [0.25, 0.3) is 0 Å². The zero-order valence-electron chi connectivity index (χ0n) is 12.8. The third-order valence-corrected chi connectivity index (χ3v) is 4.72. The molecule has 1 aromatic rings. The molecule has 2 fully saturated rings. The van der Waals surface area contributed by atoms with Gasteiger partial charge >= 0.3 is 6.03 Å². The third kappa shape index (κ3) is 3.05. The van der Waals surface area contributed by atoms with E-state index in [9.17, 15) is 4.79 Å². The molecule has 116 valence electrons. The van der Waals surface area contributed by atoms with Gasteiger partial charge in [-0.2, -0.15) is 5.10 Å². The lowest BCUT2D eigenvalue weighted by Crippen LogP contribution is -2.33. The summed E-state index contributed by atoms with van der Waals surface area (Å²) >= 11 is 0. The van der Waals surface area contributed by atoms with Crippen LogP contribution in [0.15, 0.2) is 12.3 Å². The number of anilines is 1. The first-order valence-corrected chi connectivity index (χ1v) is 7.77. The van der Waals surface area contributed by atoms with Gasteiger partial charge < -0.3 is 9.64 Å². The number of ether oxygens (including phenoxy) is 1. The van der Waals surface area contributed by atoms with Crippen LogP contribution in [0.4, 0.5) is 10.6 Å². The normalized spacial score (nSPS) is 25.9. The summed E-state index contributed by atoms with van der Waals surface area (Å²) in [7, 11) is 1.67.